The average Bonchev–Trinajstić information content (AvgIpc) is 2.42. The van der Waals surface area contributed by atoms with E-state index in [9.17, 15) is 0 Å². The van der Waals surface area contributed by atoms with E-state index in [1.54, 1.807) is 0 Å². The molecule has 112 valence electrons. The molecule has 1 aliphatic rings. The van der Waals surface area contributed by atoms with Crippen molar-refractivity contribution in [3.63, 3.8) is 0 Å². The Bertz CT molecular complexity index is 493. The molecule has 1 aliphatic heterocycles. The number of hydrogen-bond donors (Lipinski definition) is 2. The Kier molecular flexibility index (Phi) is 3.95. The second kappa shape index (κ2) is 5.00. The van der Waals surface area contributed by atoms with Gasteiger partial charge in [0.15, 0.2) is 0 Å². The number of aryl methyl sites for hydroxylation is 1. The fourth-order valence-corrected chi connectivity index (χ4v) is 4.02. The minimum Gasteiger partial charge on any atom is -0.375 e. The van der Waals surface area contributed by atoms with Crippen molar-refractivity contribution in [2.75, 3.05) is 11.9 Å². The van der Waals surface area contributed by atoms with Crippen LogP contribution < -0.4 is 11.1 Å². The van der Waals surface area contributed by atoms with E-state index in [1.165, 1.54) is 5.56 Å². The monoisotopic (exact) mass is 340 g/mol. The second-order valence-corrected chi connectivity index (χ2v) is 7.89. The van der Waals surface area contributed by atoms with Gasteiger partial charge < -0.3 is 15.8 Å². The van der Waals surface area contributed by atoms with Crippen LogP contribution in [0, 0.1) is 6.92 Å². The number of halogens is 1. The molecule has 0 amide bonds. The molecule has 3 nitrogen and oxygen atoms in total. The van der Waals surface area contributed by atoms with Crippen LogP contribution in [0.2, 0.25) is 0 Å². The highest BCUT2D eigenvalue weighted by Gasteiger charge is 2.56. The van der Waals surface area contributed by atoms with E-state index in [2.05, 4.69) is 74.1 Å². The maximum absolute atomic E-state index is 6.22. The fraction of sp³-hybridized carbons (Fsp3) is 0.625. The molecule has 0 bridgehead atoms. The van der Waals surface area contributed by atoms with Gasteiger partial charge in [-0.1, -0.05) is 15.9 Å². The lowest BCUT2D eigenvalue weighted by Gasteiger charge is -2.40. The molecule has 4 heteroatoms. The zero-order chi connectivity index (χ0) is 15.2. The van der Waals surface area contributed by atoms with Crippen LogP contribution >= 0.6 is 15.9 Å². The van der Waals surface area contributed by atoms with Crippen molar-refractivity contribution in [3.8, 4) is 0 Å². The van der Waals surface area contributed by atoms with E-state index >= 15 is 0 Å². The number of benzene rings is 1. The minimum atomic E-state index is -0.318. The molecule has 1 unspecified atom stereocenters. The summed E-state index contributed by atoms with van der Waals surface area (Å²) >= 11 is 3.55. The Morgan fingerprint density at radius 3 is 2.35 bits per heavy atom. The van der Waals surface area contributed by atoms with Gasteiger partial charge in [0.1, 0.15) is 0 Å². The summed E-state index contributed by atoms with van der Waals surface area (Å²) in [7, 11) is 0. The molecule has 20 heavy (non-hydrogen) atoms. The predicted molar refractivity (Wildman–Crippen MR) is 88.1 cm³/mol. The average molecular weight is 341 g/mol. The summed E-state index contributed by atoms with van der Waals surface area (Å²) < 4.78 is 7.29. The summed E-state index contributed by atoms with van der Waals surface area (Å²) in [6, 6.07) is 6.33. The number of nitrogens with one attached hydrogen (secondary N) is 1. The zero-order valence-electron chi connectivity index (χ0n) is 13.0. The predicted octanol–water partition coefficient (Wildman–Crippen LogP) is 3.84. The van der Waals surface area contributed by atoms with Crippen molar-refractivity contribution in [1.29, 1.82) is 0 Å². The maximum Gasteiger partial charge on any atom is 0.0875 e. The van der Waals surface area contributed by atoms with Gasteiger partial charge in [0.05, 0.1) is 16.7 Å². The number of nitrogens with two attached hydrogens (primary N) is 1. The van der Waals surface area contributed by atoms with Gasteiger partial charge >= 0.3 is 0 Å². The van der Waals surface area contributed by atoms with E-state index in [1.807, 2.05) is 0 Å². The van der Waals surface area contributed by atoms with Crippen LogP contribution in [0.4, 0.5) is 5.69 Å². The highest BCUT2D eigenvalue weighted by molar-refractivity contribution is 9.10. The Hall–Kier alpha value is -0.580. The van der Waals surface area contributed by atoms with Crippen molar-refractivity contribution in [2.24, 2.45) is 5.73 Å². The molecule has 3 N–H and O–H groups in total. The summed E-state index contributed by atoms with van der Waals surface area (Å²) in [4.78, 5) is 0. The Morgan fingerprint density at radius 2 is 1.90 bits per heavy atom. The van der Waals surface area contributed by atoms with Crippen molar-refractivity contribution < 1.29 is 4.74 Å². The summed E-state index contributed by atoms with van der Waals surface area (Å²) in [5.41, 5.74) is 7.68. The first-order valence-corrected chi connectivity index (χ1v) is 7.84. The van der Waals surface area contributed by atoms with Crippen molar-refractivity contribution in [3.05, 3.63) is 28.2 Å². The van der Waals surface area contributed by atoms with Gasteiger partial charge in [0, 0.05) is 23.1 Å². The molecule has 0 saturated carbocycles. The van der Waals surface area contributed by atoms with Crippen LogP contribution in [0.5, 0.6) is 0 Å². The number of hydrogen-bond acceptors (Lipinski definition) is 3. The standard InChI is InChI=1S/C16H25BrN2O/c1-11-6-12(17)8-13(7-11)19-16(10-18)9-14(2,3)20-15(16,4)5/h6-8,19H,9-10,18H2,1-5H3. The smallest absolute Gasteiger partial charge is 0.0875 e. The second-order valence-electron chi connectivity index (χ2n) is 6.98. The van der Waals surface area contributed by atoms with Crippen molar-refractivity contribution in [2.45, 2.75) is 57.8 Å². The Labute approximate surface area is 130 Å². The van der Waals surface area contributed by atoms with Crippen molar-refractivity contribution in [1.82, 2.24) is 0 Å². The van der Waals surface area contributed by atoms with E-state index in [0.717, 1.165) is 16.6 Å². The van der Waals surface area contributed by atoms with E-state index in [0.29, 0.717) is 6.54 Å². The summed E-state index contributed by atoms with van der Waals surface area (Å²) in [6.45, 7) is 11.1. The third-order valence-corrected chi connectivity index (χ3v) is 4.64. The lowest BCUT2D eigenvalue weighted by molar-refractivity contribution is -0.0753. The topological polar surface area (TPSA) is 47.3 Å². The first-order chi connectivity index (χ1) is 9.09. The SMILES string of the molecule is Cc1cc(Br)cc(NC2(CN)CC(C)(C)OC2(C)C)c1. The minimum absolute atomic E-state index is 0.170. The van der Waals surface area contributed by atoms with Gasteiger partial charge in [0.2, 0.25) is 0 Å². The van der Waals surface area contributed by atoms with Gasteiger partial charge in [-0.25, -0.2) is 0 Å². The highest BCUT2D eigenvalue weighted by atomic mass is 79.9. The third-order valence-electron chi connectivity index (χ3n) is 4.19. The molecule has 0 aliphatic carbocycles. The fourth-order valence-electron chi connectivity index (χ4n) is 3.41. The van der Waals surface area contributed by atoms with Crippen LogP contribution in [0.1, 0.15) is 39.7 Å². The zero-order valence-corrected chi connectivity index (χ0v) is 14.6. The van der Waals surface area contributed by atoms with Crippen molar-refractivity contribution >= 4 is 21.6 Å². The van der Waals surface area contributed by atoms with Gasteiger partial charge in [-0.15, -0.1) is 0 Å². The van der Waals surface area contributed by atoms with Crippen LogP contribution in [0.15, 0.2) is 22.7 Å². The molecule has 1 fully saturated rings. The molecule has 1 atom stereocenters. The lowest BCUT2D eigenvalue weighted by Crippen LogP contribution is -2.57. The van der Waals surface area contributed by atoms with Crippen LogP contribution in [0.25, 0.3) is 0 Å². The summed E-state index contributed by atoms with van der Waals surface area (Å²) in [5.74, 6) is 0. The highest BCUT2D eigenvalue weighted by Crippen LogP contribution is 2.46. The Morgan fingerprint density at radius 1 is 1.25 bits per heavy atom. The molecule has 0 spiro atoms. The van der Waals surface area contributed by atoms with E-state index in [-0.39, 0.29) is 16.7 Å². The van der Waals surface area contributed by atoms with Crippen LogP contribution in [-0.2, 0) is 4.74 Å². The normalized spacial score (nSPS) is 27.6. The Balaban J connectivity index is 2.37. The first-order valence-electron chi connectivity index (χ1n) is 7.05. The molecule has 1 saturated heterocycles. The molecule has 2 rings (SSSR count). The number of anilines is 1. The maximum atomic E-state index is 6.22. The third kappa shape index (κ3) is 2.87. The number of rotatable bonds is 3. The van der Waals surface area contributed by atoms with Crippen LogP contribution in [-0.4, -0.2) is 23.3 Å². The van der Waals surface area contributed by atoms with Crippen LogP contribution in [0.3, 0.4) is 0 Å². The first kappa shape index (κ1) is 15.8. The molecular weight excluding hydrogens is 316 g/mol. The van der Waals surface area contributed by atoms with Gasteiger partial charge in [-0.05, 0) is 58.4 Å². The molecule has 0 aromatic heterocycles. The van der Waals surface area contributed by atoms with Gasteiger partial charge in [-0.3, -0.25) is 0 Å². The molecule has 1 aromatic carbocycles. The summed E-state index contributed by atoms with van der Waals surface area (Å²) in [5, 5.41) is 3.65. The van der Waals surface area contributed by atoms with E-state index in [4.69, 9.17) is 10.5 Å². The quantitative estimate of drug-likeness (QED) is 0.878. The van der Waals surface area contributed by atoms with Gasteiger partial charge in [-0.2, -0.15) is 0 Å². The molecule has 1 heterocycles. The lowest BCUT2D eigenvalue weighted by atomic mass is 9.78. The molecular formula is C16H25BrN2O. The molecule has 1 aromatic rings. The number of ether oxygens (including phenoxy) is 1. The van der Waals surface area contributed by atoms with E-state index < -0.39 is 0 Å². The summed E-state index contributed by atoms with van der Waals surface area (Å²) in [6.07, 6.45) is 0.884. The molecule has 0 radical (unpaired) electrons. The largest absolute Gasteiger partial charge is 0.375 e. The van der Waals surface area contributed by atoms with Gasteiger partial charge in [0.25, 0.3) is 0 Å².